The van der Waals surface area contributed by atoms with Gasteiger partial charge < -0.3 is 4.42 Å². The van der Waals surface area contributed by atoms with Gasteiger partial charge in [0.1, 0.15) is 11.5 Å². The van der Waals surface area contributed by atoms with Crippen molar-refractivity contribution in [1.82, 2.24) is 5.32 Å². The van der Waals surface area contributed by atoms with Gasteiger partial charge in [0.05, 0.1) is 0 Å². The van der Waals surface area contributed by atoms with Crippen LogP contribution in [0.2, 0.25) is 0 Å². The predicted octanol–water partition coefficient (Wildman–Crippen LogP) is 3.14. The molecule has 2 heterocycles. The lowest BCUT2D eigenvalue weighted by molar-refractivity contribution is -0.121. The van der Waals surface area contributed by atoms with E-state index in [4.69, 9.17) is 4.42 Å². The van der Waals surface area contributed by atoms with E-state index in [1.165, 1.54) is 0 Å². The smallest absolute Gasteiger partial charge is 0.287 e. The van der Waals surface area contributed by atoms with E-state index in [-0.39, 0.29) is 11.1 Å². The number of nitrogens with one attached hydrogen (secondary N) is 1. The lowest BCUT2D eigenvalue weighted by Crippen LogP contribution is -2.31. The highest BCUT2D eigenvalue weighted by atomic mass is 32.2. The standard InChI is InChI=1S/C14H11NO3S/c1-14(12(16)15-13(17)19-14)11-8-7-10(18-11)9-5-3-2-4-6-9/h2-8H,1H3,(H,15,16,17). The second kappa shape index (κ2) is 4.28. The van der Waals surface area contributed by atoms with Crippen molar-refractivity contribution in [3.05, 3.63) is 48.2 Å². The minimum Gasteiger partial charge on any atom is -0.459 e. The maximum atomic E-state index is 11.8. The van der Waals surface area contributed by atoms with E-state index in [1.807, 2.05) is 36.4 Å². The summed E-state index contributed by atoms with van der Waals surface area (Å²) >= 11 is 0.944. The first-order chi connectivity index (χ1) is 9.09. The molecule has 1 saturated heterocycles. The Morgan fingerprint density at radius 2 is 1.84 bits per heavy atom. The zero-order valence-electron chi connectivity index (χ0n) is 10.2. The van der Waals surface area contributed by atoms with Gasteiger partial charge >= 0.3 is 0 Å². The highest BCUT2D eigenvalue weighted by Gasteiger charge is 2.47. The molecule has 0 bridgehead atoms. The molecule has 1 atom stereocenters. The molecule has 1 unspecified atom stereocenters. The molecule has 5 heteroatoms. The van der Waals surface area contributed by atoms with E-state index < -0.39 is 4.75 Å². The number of furan rings is 1. The average Bonchev–Trinajstić information content (AvgIpc) is 2.97. The first-order valence-electron chi connectivity index (χ1n) is 5.80. The molecule has 2 aromatic rings. The molecule has 0 spiro atoms. The fraction of sp³-hybridized carbons (Fsp3) is 0.143. The molecule has 1 aliphatic heterocycles. The lowest BCUT2D eigenvalue weighted by Gasteiger charge is -2.14. The van der Waals surface area contributed by atoms with Gasteiger partial charge in [-0.15, -0.1) is 0 Å². The van der Waals surface area contributed by atoms with Gasteiger partial charge in [-0.3, -0.25) is 14.9 Å². The molecule has 0 radical (unpaired) electrons. The van der Waals surface area contributed by atoms with Crippen molar-refractivity contribution >= 4 is 22.9 Å². The molecule has 1 aromatic heterocycles. The van der Waals surface area contributed by atoms with Crippen molar-refractivity contribution in [1.29, 1.82) is 0 Å². The molecule has 0 aliphatic carbocycles. The van der Waals surface area contributed by atoms with Crippen molar-refractivity contribution in [2.24, 2.45) is 0 Å². The van der Waals surface area contributed by atoms with Crippen LogP contribution in [0.3, 0.4) is 0 Å². The normalized spacial score (nSPS) is 22.6. The number of carbonyl (C=O) groups excluding carboxylic acids is 2. The summed E-state index contributed by atoms with van der Waals surface area (Å²) in [6, 6.07) is 13.2. The Hall–Kier alpha value is -2.01. The van der Waals surface area contributed by atoms with Gasteiger partial charge in [-0.1, -0.05) is 30.3 Å². The Labute approximate surface area is 114 Å². The third-order valence-corrected chi connectivity index (χ3v) is 4.16. The number of hydrogen-bond donors (Lipinski definition) is 1. The first-order valence-corrected chi connectivity index (χ1v) is 6.61. The predicted molar refractivity (Wildman–Crippen MR) is 72.6 cm³/mol. The van der Waals surface area contributed by atoms with E-state index in [0.717, 1.165) is 17.3 Å². The van der Waals surface area contributed by atoms with Crippen LogP contribution in [0, 0.1) is 0 Å². The molecule has 3 rings (SSSR count). The zero-order valence-corrected chi connectivity index (χ0v) is 11.0. The van der Waals surface area contributed by atoms with E-state index in [9.17, 15) is 9.59 Å². The van der Waals surface area contributed by atoms with Gasteiger partial charge in [0.15, 0.2) is 4.75 Å². The summed E-state index contributed by atoms with van der Waals surface area (Å²) in [6.45, 7) is 1.69. The molecule has 19 heavy (non-hydrogen) atoms. The fourth-order valence-electron chi connectivity index (χ4n) is 1.98. The molecule has 0 saturated carbocycles. The summed E-state index contributed by atoms with van der Waals surface area (Å²) < 4.78 is 4.76. The quantitative estimate of drug-likeness (QED) is 0.913. The third kappa shape index (κ3) is 1.96. The molecule has 1 N–H and O–H groups in total. The van der Waals surface area contributed by atoms with Gasteiger partial charge in [-0.25, -0.2) is 0 Å². The molecule has 2 amide bonds. The Morgan fingerprint density at radius 3 is 2.47 bits per heavy atom. The van der Waals surface area contributed by atoms with Crippen LogP contribution in [0.15, 0.2) is 46.9 Å². The molecule has 1 aliphatic rings. The van der Waals surface area contributed by atoms with Crippen LogP contribution in [-0.2, 0) is 9.54 Å². The highest BCUT2D eigenvalue weighted by Crippen LogP contribution is 2.42. The second-order valence-electron chi connectivity index (χ2n) is 4.41. The fourth-order valence-corrected chi connectivity index (χ4v) is 2.85. The van der Waals surface area contributed by atoms with Gasteiger partial charge in [-0.05, 0) is 30.8 Å². The van der Waals surface area contributed by atoms with E-state index in [2.05, 4.69) is 5.32 Å². The number of imide groups is 1. The van der Waals surface area contributed by atoms with E-state index in [0.29, 0.717) is 11.5 Å². The largest absolute Gasteiger partial charge is 0.459 e. The third-order valence-electron chi connectivity index (χ3n) is 3.08. The van der Waals surface area contributed by atoms with Crippen molar-refractivity contribution in [2.45, 2.75) is 11.7 Å². The average molecular weight is 273 g/mol. The molecule has 1 aromatic carbocycles. The summed E-state index contributed by atoms with van der Waals surface area (Å²) in [5.41, 5.74) is 0.937. The van der Waals surface area contributed by atoms with Crippen LogP contribution in [0.1, 0.15) is 12.7 Å². The topological polar surface area (TPSA) is 59.3 Å². The van der Waals surface area contributed by atoms with Crippen molar-refractivity contribution in [3.8, 4) is 11.3 Å². The summed E-state index contributed by atoms with van der Waals surface area (Å²) in [5, 5.41) is 1.94. The first kappa shape index (κ1) is 12.0. The number of amides is 2. The molecular formula is C14H11NO3S. The number of carbonyl (C=O) groups is 2. The van der Waals surface area contributed by atoms with Crippen LogP contribution >= 0.6 is 11.8 Å². The van der Waals surface area contributed by atoms with Crippen LogP contribution in [0.25, 0.3) is 11.3 Å². The van der Waals surface area contributed by atoms with E-state index in [1.54, 1.807) is 13.0 Å². The number of benzene rings is 1. The Kier molecular flexibility index (Phi) is 2.71. The molecular weight excluding hydrogens is 262 g/mol. The van der Waals surface area contributed by atoms with Crippen molar-refractivity contribution < 1.29 is 14.0 Å². The summed E-state index contributed by atoms with van der Waals surface area (Å²) in [7, 11) is 0. The Morgan fingerprint density at radius 1 is 1.11 bits per heavy atom. The SMILES string of the molecule is CC1(c2ccc(-c3ccccc3)o2)SC(=O)NC1=O. The summed E-state index contributed by atoms with van der Waals surface area (Å²) in [4.78, 5) is 23.1. The summed E-state index contributed by atoms with van der Waals surface area (Å²) in [6.07, 6.45) is 0. The Bertz CT molecular complexity index is 650. The zero-order chi connectivity index (χ0) is 13.5. The molecule has 4 nitrogen and oxygen atoms in total. The maximum Gasteiger partial charge on any atom is 0.287 e. The van der Waals surface area contributed by atoms with Gasteiger partial charge in [0.2, 0.25) is 0 Å². The lowest BCUT2D eigenvalue weighted by atomic mass is 10.1. The van der Waals surface area contributed by atoms with Gasteiger partial charge in [0.25, 0.3) is 11.1 Å². The monoisotopic (exact) mass is 273 g/mol. The number of thioether (sulfide) groups is 1. The van der Waals surface area contributed by atoms with E-state index >= 15 is 0 Å². The highest BCUT2D eigenvalue weighted by molar-refractivity contribution is 8.15. The van der Waals surface area contributed by atoms with Gasteiger partial charge in [0, 0.05) is 5.56 Å². The maximum absolute atomic E-state index is 11.8. The van der Waals surface area contributed by atoms with Crippen molar-refractivity contribution in [2.75, 3.05) is 0 Å². The number of hydrogen-bond acceptors (Lipinski definition) is 4. The van der Waals surface area contributed by atoms with Crippen LogP contribution < -0.4 is 5.32 Å². The van der Waals surface area contributed by atoms with Crippen molar-refractivity contribution in [3.63, 3.8) is 0 Å². The Balaban J connectivity index is 1.98. The molecule has 1 fully saturated rings. The van der Waals surface area contributed by atoms with Crippen LogP contribution in [-0.4, -0.2) is 11.1 Å². The minimum absolute atomic E-state index is 0.337. The minimum atomic E-state index is -0.982. The van der Waals surface area contributed by atoms with Gasteiger partial charge in [-0.2, -0.15) is 0 Å². The summed E-state index contributed by atoms with van der Waals surface area (Å²) in [5.74, 6) is 0.834. The van der Waals surface area contributed by atoms with Crippen LogP contribution in [0.4, 0.5) is 4.79 Å². The van der Waals surface area contributed by atoms with Crippen LogP contribution in [0.5, 0.6) is 0 Å². The second-order valence-corrected chi connectivity index (χ2v) is 5.80. The number of rotatable bonds is 2. The molecule has 96 valence electrons.